The van der Waals surface area contributed by atoms with E-state index >= 15 is 0 Å². The lowest BCUT2D eigenvalue weighted by Gasteiger charge is -2.31. The number of pyridine rings is 1. The molecule has 0 spiro atoms. The van der Waals surface area contributed by atoms with Crippen molar-refractivity contribution in [1.29, 1.82) is 0 Å². The molecule has 9 heteroatoms. The molecule has 0 bridgehead atoms. The van der Waals surface area contributed by atoms with Gasteiger partial charge in [-0.25, -0.2) is 12.7 Å². The van der Waals surface area contributed by atoms with Crippen molar-refractivity contribution in [3.8, 4) is 0 Å². The van der Waals surface area contributed by atoms with Crippen molar-refractivity contribution in [2.75, 3.05) is 13.1 Å². The molecule has 1 aliphatic heterocycles. The molecule has 1 aromatic carbocycles. The highest BCUT2D eigenvalue weighted by Crippen LogP contribution is 2.29. The minimum atomic E-state index is -3.64. The Bertz CT molecular complexity index is 918. The summed E-state index contributed by atoms with van der Waals surface area (Å²) in [5.41, 5.74) is 1.33. The molecular weight excluding hydrogens is 421 g/mol. The molecule has 0 saturated carbocycles. The van der Waals surface area contributed by atoms with E-state index in [1.807, 2.05) is 12.1 Å². The molecule has 2 aromatic rings. The zero-order chi connectivity index (χ0) is 20.1. The summed E-state index contributed by atoms with van der Waals surface area (Å²) < 4.78 is 27.1. The van der Waals surface area contributed by atoms with E-state index in [1.54, 1.807) is 30.6 Å². The fraction of sp³-hybridized carbons (Fsp3) is 0.368. The average molecular weight is 442 g/mol. The van der Waals surface area contributed by atoms with E-state index in [1.165, 1.54) is 4.31 Å². The number of benzene rings is 1. The lowest BCUT2D eigenvalue weighted by molar-refractivity contribution is -0.126. The van der Waals surface area contributed by atoms with E-state index in [9.17, 15) is 13.2 Å². The summed E-state index contributed by atoms with van der Waals surface area (Å²) in [5, 5.41) is 3.52. The Hall–Kier alpha value is -1.67. The Morgan fingerprint density at radius 3 is 2.54 bits per heavy atom. The van der Waals surface area contributed by atoms with Crippen LogP contribution in [0.2, 0.25) is 10.0 Å². The molecule has 0 aliphatic carbocycles. The van der Waals surface area contributed by atoms with Crippen molar-refractivity contribution in [3.63, 3.8) is 0 Å². The van der Waals surface area contributed by atoms with Gasteiger partial charge in [0.05, 0.1) is 11.7 Å². The van der Waals surface area contributed by atoms with Gasteiger partial charge in [0.2, 0.25) is 15.9 Å². The predicted molar refractivity (Wildman–Crippen MR) is 109 cm³/mol. The molecule has 1 aliphatic rings. The Morgan fingerprint density at radius 2 is 1.86 bits per heavy atom. The number of nitrogens with zero attached hydrogens (tertiary/aromatic N) is 2. The van der Waals surface area contributed by atoms with Crippen molar-refractivity contribution in [2.24, 2.45) is 5.92 Å². The van der Waals surface area contributed by atoms with E-state index in [0.29, 0.717) is 41.5 Å². The van der Waals surface area contributed by atoms with Crippen molar-refractivity contribution in [2.45, 2.75) is 25.1 Å². The first-order valence-corrected chi connectivity index (χ1v) is 11.3. The Morgan fingerprint density at radius 1 is 1.18 bits per heavy atom. The Labute approximate surface area is 174 Å². The number of halogens is 2. The number of sulfonamides is 1. The smallest absolute Gasteiger partial charge is 0.224 e. The molecule has 0 radical (unpaired) electrons. The molecule has 3 rings (SSSR count). The van der Waals surface area contributed by atoms with Crippen LogP contribution in [0.4, 0.5) is 0 Å². The number of hydrogen-bond acceptors (Lipinski definition) is 4. The average Bonchev–Trinajstić information content (AvgIpc) is 2.70. The first-order valence-electron chi connectivity index (χ1n) is 8.94. The molecule has 1 saturated heterocycles. The number of nitrogens with one attached hydrogen (secondary N) is 1. The highest BCUT2D eigenvalue weighted by molar-refractivity contribution is 7.88. The van der Waals surface area contributed by atoms with Gasteiger partial charge in [0.15, 0.2) is 0 Å². The quantitative estimate of drug-likeness (QED) is 0.745. The van der Waals surface area contributed by atoms with Gasteiger partial charge >= 0.3 is 0 Å². The predicted octanol–water partition coefficient (Wildman–Crippen LogP) is 3.25. The van der Waals surface area contributed by atoms with Gasteiger partial charge in [-0.05, 0) is 42.7 Å². The van der Waals surface area contributed by atoms with Gasteiger partial charge in [-0.1, -0.05) is 29.3 Å². The molecule has 1 atom stereocenters. The topological polar surface area (TPSA) is 79.4 Å². The summed E-state index contributed by atoms with van der Waals surface area (Å²) in [6, 6.07) is 8.55. The van der Waals surface area contributed by atoms with Gasteiger partial charge in [-0.15, -0.1) is 0 Å². The van der Waals surface area contributed by atoms with Crippen LogP contribution in [0.25, 0.3) is 0 Å². The summed E-state index contributed by atoms with van der Waals surface area (Å²) in [6.07, 6.45) is 4.61. The monoisotopic (exact) mass is 441 g/mol. The molecule has 1 amide bonds. The van der Waals surface area contributed by atoms with Gasteiger partial charge in [-0.3, -0.25) is 9.78 Å². The van der Waals surface area contributed by atoms with Crippen LogP contribution in [0.15, 0.2) is 42.7 Å². The van der Waals surface area contributed by atoms with Crippen LogP contribution < -0.4 is 5.32 Å². The van der Waals surface area contributed by atoms with E-state index < -0.39 is 10.0 Å². The maximum Gasteiger partial charge on any atom is 0.224 e. The number of piperidine rings is 1. The molecule has 1 fully saturated rings. The molecule has 28 heavy (non-hydrogen) atoms. The highest BCUT2D eigenvalue weighted by Gasteiger charge is 2.33. The molecule has 2 heterocycles. The van der Waals surface area contributed by atoms with Crippen LogP contribution in [-0.2, 0) is 27.1 Å². The number of carbonyl (C=O) groups is 1. The molecule has 150 valence electrons. The molecule has 0 unspecified atom stereocenters. The van der Waals surface area contributed by atoms with E-state index in [-0.39, 0.29) is 24.1 Å². The summed E-state index contributed by atoms with van der Waals surface area (Å²) in [5.74, 6) is -0.809. The van der Waals surface area contributed by atoms with E-state index in [0.717, 1.165) is 5.56 Å². The van der Waals surface area contributed by atoms with Crippen LogP contribution in [-0.4, -0.2) is 36.7 Å². The number of carbonyl (C=O) groups excluding carboxylic acids is 1. The second kappa shape index (κ2) is 9.22. The van der Waals surface area contributed by atoms with Crippen molar-refractivity contribution in [1.82, 2.24) is 14.6 Å². The SMILES string of the molecule is O=C(NCc1ccncc1)[C@H]1CCCN(S(=O)(=O)Cc2c(Cl)cccc2Cl)C1. The minimum absolute atomic E-state index is 0.146. The normalized spacial score (nSPS) is 18.0. The maximum absolute atomic E-state index is 12.9. The van der Waals surface area contributed by atoms with Gasteiger partial charge < -0.3 is 5.32 Å². The molecular formula is C19H21Cl2N3O3S. The first kappa shape index (κ1) is 21.0. The van der Waals surface area contributed by atoms with Crippen molar-refractivity contribution >= 4 is 39.1 Å². The summed E-state index contributed by atoms with van der Waals surface area (Å²) in [4.78, 5) is 16.5. The number of hydrogen-bond donors (Lipinski definition) is 1. The standard InChI is InChI=1S/C19H21Cl2N3O3S/c20-17-4-1-5-18(21)16(17)13-28(26,27)24-10-2-3-15(12-24)19(25)23-11-14-6-8-22-9-7-14/h1,4-9,15H,2-3,10-13H2,(H,23,25)/t15-/m0/s1. The third kappa shape index (κ3) is 5.23. The second-order valence-electron chi connectivity index (χ2n) is 6.73. The lowest BCUT2D eigenvalue weighted by atomic mass is 9.99. The second-order valence-corrected chi connectivity index (χ2v) is 9.51. The van der Waals surface area contributed by atoms with Gasteiger partial charge in [0.1, 0.15) is 0 Å². The summed E-state index contributed by atoms with van der Waals surface area (Å²) in [6.45, 7) is 0.935. The van der Waals surface area contributed by atoms with Gasteiger partial charge in [0.25, 0.3) is 0 Å². The number of aromatic nitrogens is 1. The van der Waals surface area contributed by atoms with Crippen LogP contribution in [0.1, 0.15) is 24.0 Å². The van der Waals surface area contributed by atoms with Gasteiger partial charge in [-0.2, -0.15) is 0 Å². The van der Waals surface area contributed by atoms with Crippen molar-refractivity contribution < 1.29 is 13.2 Å². The number of rotatable bonds is 6. The zero-order valence-electron chi connectivity index (χ0n) is 15.1. The van der Waals surface area contributed by atoms with Crippen LogP contribution in [0.5, 0.6) is 0 Å². The van der Waals surface area contributed by atoms with E-state index in [4.69, 9.17) is 23.2 Å². The third-order valence-corrected chi connectivity index (χ3v) is 7.23. The summed E-state index contributed by atoms with van der Waals surface area (Å²) in [7, 11) is -3.64. The third-order valence-electron chi connectivity index (χ3n) is 4.75. The van der Waals surface area contributed by atoms with Gasteiger partial charge in [0, 0.05) is 47.6 Å². The number of amides is 1. The molecule has 1 aromatic heterocycles. The molecule has 6 nitrogen and oxygen atoms in total. The van der Waals surface area contributed by atoms with Crippen LogP contribution in [0, 0.1) is 5.92 Å². The minimum Gasteiger partial charge on any atom is -0.352 e. The zero-order valence-corrected chi connectivity index (χ0v) is 17.5. The molecule has 1 N–H and O–H groups in total. The summed E-state index contributed by atoms with van der Waals surface area (Å²) >= 11 is 12.2. The lowest BCUT2D eigenvalue weighted by Crippen LogP contribution is -2.45. The van der Waals surface area contributed by atoms with Crippen LogP contribution in [0.3, 0.4) is 0 Å². The highest BCUT2D eigenvalue weighted by atomic mass is 35.5. The Balaban J connectivity index is 1.64. The fourth-order valence-electron chi connectivity index (χ4n) is 3.19. The van der Waals surface area contributed by atoms with Crippen molar-refractivity contribution in [3.05, 3.63) is 63.9 Å². The maximum atomic E-state index is 12.9. The van der Waals surface area contributed by atoms with Crippen LogP contribution >= 0.6 is 23.2 Å². The van der Waals surface area contributed by atoms with E-state index in [2.05, 4.69) is 10.3 Å². The Kier molecular flexibility index (Phi) is 6.93. The largest absolute Gasteiger partial charge is 0.352 e. The first-order chi connectivity index (χ1) is 13.4. The fourth-order valence-corrected chi connectivity index (χ4v) is 5.55.